The number of rotatable bonds is 2. The van der Waals surface area contributed by atoms with E-state index in [4.69, 9.17) is 23.2 Å². The number of benzene rings is 1. The smallest absolute Gasteiger partial charge is 0.165 e. The van der Waals surface area contributed by atoms with Gasteiger partial charge in [0.25, 0.3) is 0 Å². The van der Waals surface area contributed by atoms with Gasteiger partial charge in [0.1, 0.15) is 16.8 Å². The summed E-state index contributed by atoms with van der Waals surface area (Å²) in [5, 5.41) is 9.44. The molecule has 0 atom stereocenters. The van der Waals surface area contributed by atoms with Gasteiger partial charge in [-0.2, -0.15) is 0 Å². The molecule has 4 nitrogen and oxygen atoms in total. The maximum atomic E-state index is 5.98. The Kier molecular flexibility index (Phi) is 3.12. The summed E-state index contributed by atoms with van der Waals surface area (Å²) in [4.78, 5) is 4.22. The molecular weight excluding hydrogens is 283 g/mol. The third-order valence-corrected chi connectivity index (χ3v) is 3.28. The van der Waals surface area contributed by atoms with Crippen molar-refractivity contribution in [1.82, 2.24) is 19.6 Å². The molecule has 0 aliphatic heterocycles. The number of aromatic nitrogens is 4. The maximum absolute atomic E-state index is 5.98. The first-order valence-electron chi connectivity index (χ1n) is 5.75. The Morgan fingerprint density at radius 3 is 2.79 bits per heavy atom. The highest BCUT2D eigenvalue weighted by atomic mass is 35.5. The van der Waals surface area contributed by atoms with E-state index in [9.17, 15) is 0 Å². The minimum absolute atomic E-state index is 0.423. The van der Waals surface area contributed by atoms with Crippen molar-refractivity contribution in [2.45, 2.75) is 13.3 Å². The maximum Gasteiger partial charge on any atom is 0.165 e. The van der Waals surface area contributed by atoms with Crippen molar-refractivity contribution >= 4 is 28.8 Å². The van der Waals surface area contributed by atoms with Crippen molar-refractivity contribution in [3.05, 3.63) is 57.7 Å². The van der Waals surface area contributed by atoms with E-state index in [0.29, 0.717) is 22.2 Å². The Morgan fingerprint density at radius 1 is 1.16 bits per heavy atom. The van der Waals surface area contributed by atoms with Gasteiger partial charge in [0.05, 0.1) is 0 Å². The van der Waals surface area contributed by atoms with Crippen LogP contribution in [0.25, 0.3) is 5.65 Å². The lowest BCUT2D eigenvalue weighted by atomic mass is 10.1. The zero-order chi connectivity index (χ0) is 13.4. The zero-order valence-corrected chi connectivity index (χ0v) is 11.7. The van der Waals surface area contributed by atoms with Crippen LogP contribution in [0.3, 0.4) is 0 Å². The molecule has 1 aromatic carbocycles. The lowest BCUT2D eigenvalue weighted by molar-refractivity contribution is 0.885. The molecule has 2 aromatic heterocycles. The molecule has 19 heavy (non-hydrogen) atoms. The zero-order valence-electron chi connectivity index (χ0n) is 10.1. The molecule has 3 rings (SSSR count). The molecule has 0 bridgehead atoms. The predicted molar refractivity (Wildman–Crippen MR) is 74.8 cm³/mol. The van der Waals surface area contributed by atoms with Crippen LogP contribution in [0, 0.1) is 6.92 Å². The highest BCUT2D eigenvalue weighted by Gasteiger charge is 2.10. The average Bonchev–Trinajstić information content (AvgIpc) is 2.72. The van der Waals surface area contributed by atoms with E-state index in [0.717, 1.165) is 17.2 Å². The monoisotopic (exact) mass is 292 g/mol. The van der Waals surface area contributed by atoms with Gasteiger partial charge in [-0.25, -0.2) is 4.98 Å². The molecule has 0 N–H and O–H groups in total. The van der Waals surface area contributed by atoms with Crippen molar-refractivity contribution < 1.29 is 0 Å². The van der Waals surface area contributed by atoms with Gasteiger partial charge in [-0.15, -0.1) is 10.2 Å². The van der Waals surface area contributed by atoms with Crippen LogP contribution in [-0.4, -0.2) is 19.6 Å². The summed E-state index contributed by atoms with van der Waals surface area (Å²) in [5.74, 6) is 1.59. The van der Waals surface area contributed by atoms with Crippen molar-refractivity contribution in [2.75, 3.05) is 0 Å². The van der Waals surface area contributed by atoms with E-state index in [-0.39, 0.29) is 0 Å². The van der Waals surface area contributed by atoms with E-state index in [1.807, 2.05) is 35.6 Å². The van der Waals surface area contributed by atoms with Crippen molar-refractivity contribution in [1.29, 1.82) is 0 Å². The summed E-state index contributed by atoms with van der Waals surface area (Å²) in [6, 6.07) is 9.39. The Labute approximate surface area is 120 Å². The molecule has 96 valence electrons. The topological polar surface area (TPSA) is 43.1 Å². The third kappa shape index (κ3) is 2.41. The second-order valence-electron chi connectivity index (χ2n) is 4.24. The fourth-order valence-electron chi connectivity index (χ4n) is 2.06. The van der Waals surface area contributed by atoms with Crippen LogP contribution in [0.2, 0.25) is 10.2 Å². The van der Waals surface area contributed by atoms with Crippen LogP contribution < -0.4 is 0 Å². The Hall–Kier alpha value is -1.65. The van der Waals surface area contributed by atoms with E-state index in [1.54, 1.807) is 6.07 Å². The Bertz CT molecular complexity index is 751. The fraction of sp³-hybridized carbons (Fsp3) is 0.154. The van der Waals surface area contributed by atoms with E-state index in [2.05, 4.69) is 15.2 Å². The third-order valence-electron chi connectivity index (χ3n) is 2.85. The first-order valence-corrected chi connectivity index (χ1v) is 6.50. The molecule has 0 saturated carbocycles. The number of fused-ring (bicyclic) bond motifs is 1. The molecular formula is C13H10Cl2N4. The molecule has 0 radical (unpaired) electrons. The number of hydrogen-bond acceptors (Lipinski definition) is 3. The largest absolute Gasteiger partial charge is 0.266 e. The molecule has 0 amide bonds. The van der Waals surface area contributed by atoms with Gasteiger partial charge in [0.15, 0.2) is 5.65 Å². The highest BCUT2D eigenvalue weighted by Crippen LogP contribution is 2.17. The van der Waals surface area contributed by atoms with Crippen molar-refractivity contribution in [3.8, 4) is 0 Å². The first kappa shape index (κ1) is 12.4. The van der Waals surface area contributed by atoms with E-state index in [1.165, 1.54) is 0 Å². The molecule has 0 aliphatic rings. The van der Waals surface area contributed by atoms with Gasteiger partial charge in [0, 0.05) is 17.5 Å². The second kappa shape index (κ2) is 4.79. The normalized spacial score (nSPS) is 11.1. The number of halogens is 2. The molecule has 0 saturated heterocycles. The van der Waals surface area contributed by atoms with Crippen LogP contribution in [0.4, 0.5) is 0 Å². The van der Waals surface area contributed by atoms with Gasteiger partial charge in [-0.05, 0) is 24.6 Å². The SMILES string of the molecule is Cc1nc(Cl)cc2nnc(Cc3cccc(Cl)c3)n12. The minimum atomic E-state index is 0.423. The van der Waals surface area contributed by atoms with E-state index < -0.39 is 0 Å². The summed E-state index contributed by atoms with van der Waals surface area (Å²) in [7, 11) is 0. The summed E-state index contributed by atoms with van der Waals surface area (Å²) in [6.45, 7) is 1.88. The number of hydrogen-bond donors (Lipinski definition) is 0. The second-order valence-corrected chi connectivity index (χ2v) is 5.07. The number of aryl methyl sites for hydroxylation is 1. The van der Waals surface area contributed by atoms with Crippen LogP contribution in [0.15, 0.2) is 30.3 Å². The van der Waals surface area contributed by atoms with Gasteiger partial charge in [-0.3, -0.25) is 4.40 Å². The Morgan fingerprint density at radius 2 is 2.00 bits per heavy atom. The molecule has 6 heteroatoms. The van der Waals surface area contributed by atoms with Gasteiger partial charge >= 0.3 is 0 Å². The quantitative estimate of drug-likeness (QED) is 0.681. The van der Waals surface area contributed by atoms with Crippen LogP contribution in [0.1, 0.15) is 17.2 Å². The summed E-state index contributed by atoms with van der Waals surface area (Å²) < 4.78 is 1.90. The van der Waals surface area contributed by atoms with Gasteiger partial charge < -0.3 is 0 Å². The standard InChI is InChI=1S/C13H10Cl2N4/c1-8-16-11(15)7-13-18-17-12(19(8)13)6-9-3-2-4-10(14)5-9/h2-5,7H,6H2,1H3. The van der Waals surface area contributed by atoms with E-state index >= 15 is 0 Å². The highest BCUT2D eigenvalue weighted by molar-refractivity contribution is 6.30. The van der Waals surface area contributed by atoms with Crippen LogP contribution in [0.5, 0.6) is 0 Å². The summed E-state index contributed by atoms with van der Waals surface area (Å²) >= 11 is 11.9. The first-order chi connectivity index (χ1) is 9.13. The fourth-order valence-corrected chi connectivity index (χ4v) is 2.50. The predicted octanol–water partition coefficient (Wildman–Crippen LogP) is 3.33. The number of nitrogens with zero attached hydrogens (tertiary/aromatic N) is 4. The summed E-state index contributed by atoms with van der Waals surface area (Å²) in [5.41, 5.74) is 1.78. The molecule has 3 aromatic rings. The average molecular weight is 293 g/mol. The van der Waals surface area contributed by atoms with Crippen molar-refractivity contribution in [2.24, 2.45) is 0 Å². The molecule has 0 aliphatic carbocycles. The molecule has 0 spiro atoms. The minimum Gasteiger partial charge on any atom is -0.266 e. The van der Waals surface area contributed by atoms with Gasteiger partial charge in [0.2, 0.25) is 0 Å². The van der Waals surface area contributed by atoms with Gasteiger partial charge in [-0.1, -0.05) is 35.3 Å². The molecule has 2 heterocycles. The molecule has 0 unspecified atom stereocenters. The van der Waals surface area contributed by atoms with Crippen LogP contribution >= 0.6 is 23.2 Å². The van der Waals surface area contributed by atoms with Crippen molar-refractivity contribution in [3.63, 3.8) is 0 Å². The van der Waals surface area contributed by atoms with Crippen LogP contribution in [-0.2, 0) is 6.42 Å². The summed E-state index contributed by atoms with van der Waals surface area (Å²) in [6.07, 6.45) is 0.645. The molecule has 0 fully saturated rings. The Balaban J connectivity index is 2.06. The lowest BCUT2D eigenvalue weighted by Gasteiger charge is -2.04. The lowest BCUT2D eigenvalue weighted by Crippen LogP contribution is -2.02.